The van der Waals surface area contributed by atoms with Gasteiger partial charge in [0.15, 0.2) is 0 Å². The molecule has 3 aliphatic rings. The highest BCUT2D eigenvalue weighted by Gasteiger charge is 2.34. The Hall–Kier alpha value is -3.30. The minimum atomic E-state index is -0.533. The number of anilines is 3. The molecule has 2 atom stereocenters. The molecule has 9 heteroatoms. The van der Waals surface area contributed by atoms with Crippen LogP contribution in [0.2, 0.25) is 0 Å². The lowest BCUT2D eigenvalue weighted by molar-refractivity contribution is 0.0717. The molecule has 3 N–H and O–H groups in total. The molecule has 2 amide bonds. The summed E-state index contributed by atoms with van der Waals surface area (Å²) in [7, 11) is 0. The molecule has 186 valence electrons. The number of fused-ring (bicyclic) bond motifs is 1. The van der Waals surface area contributed by atoms with Crippen molar-refractivity contribution >= 4 is 29.1 Å². The maximum atomic E-state index is 12.7. The number of cyclic esters (lactones) is 1. The second-order valence-corrected chi connectivity index (χ2v) is 9.54. The van der Waals surface area contributed by atoms with E-state index in [9.17, 15) is 19.9 Å². The standard InChI is InChI=1S/C26H31N4O5/c31-24-8-4-2-6-20(24)27-25(32)17-9-10-23(21(15-17)28-34)29-13-11-19(12-14-29)30-22-7-3-1-5-18(22)16-35-26(30)33/h1,3,5,7,9-10,15,19-20,24,28,31H,2,4,6,8,11-14,16H2,(H,27,32)/q-1/t20-,24-/m0/s1. The van der Waals surface area contributed by atoms with Crippen LogP contribution in [0, 0.1) is 5.21 Å². The Bertz CT molecular complexity index is 1090. The molecule has 0 radical (unpaired) electrons. The Morgan fingerprint density at radius 1 is 1.03 bits per heavy atom. The van der Waals surface area contributed by atoms with Gasteiger partial charge in [-0.15, -0.1) is 0 Å². The van der Waals surface area contributed by atoms with Crippen molar-refractivity contribution in [3.8, 4) is 0 Å². The Morgan fingerprint density at radius 3 is 2.57 bits per heavy atom. The maximum Gasteiger partial charge on any atom is 0.414 e. The number of aliphatic hydroxyl groups is 1. The van der Waals surface area contributed by atoms with Gasteiger partial charge < -0.3 is 30.7 Å². The molecule has 2 heterocycles. The van der Waals surface area contributed by atoms with Crippen LogP contribution in [0.25, 0.3) is 0 Å². The summed E-state index contributed by atoms with van der Waals surface area (Å²) in [6.07, 6.45) is 3.99. The number of nitrogens with zero attached hydrogens (tertiary/aromatic N) is 2. The third-order valence-electron chi connectivity index (χ3n) is 7.38. The van der Waals surface area contributed by atoms with Crippen LogP contribution < -0.4 is 20.6 Å². The van der Waals surface area contributed by atoms with Crippen molar-refractivity contribution in [1.82, 2.24) is 5.32 Å². The van der Waals surface area contributed by atoms with Crippen molar-refractivity contribution in [2.45, 2.75) is 63.3 Å². The molecular formula is C26H31N4O5-. The summed E-state index contributed by atoms with van der Waals surface area (Å²) in [5.74, 6) is -0.292. The number of benzene rings is 2. The summed E-state index contributed by atoms with van der Waals surface area (Å²) < 4.78 is 5.38. The first-order chi connectivity index (χ1) is 17.0. The van der Waals surface area contributed by atoms with Gasteiger partial charge in [-0.1, -0.05) is 31.0 Å². The van der Waals surface area contributed by atoms with E-state index in [1.54, 1.807) is 23.1 Å². The van der Waals surface area contributed by atoms with Crippen LogP contribution in [0.4, 0.5) is 21.9 Å². The Kier molecular flexibility index (Phi) is 6.79. The molecule has 35 heavy (non-hydrogen) atoms. The highest BCUT2D eigenvalue weighted by molar-refractivity contribution is 5.96. The Morgan fingerprint density at radius 2 is 1.80 bits per heavy atom. The Labute approximate surface area is 204 Å². The van der Waals surface area contributed by atoms with Gasteiger partial charge in [0, 0.05) is 35.9 Å². The van der Waals surface area contributed by atoms with Gasteiger partial charge in [0.05, 0.1) is 23.5 Å². The molecule has 5 rings (SSSR count). The van der Waals surface area contributed by atoms with Crippen molar-refractivity contribution in [1.29, 1.82) is 0 Å². The quantitative estimate of drug-likeness (QED) is 0.559. The third-order valence-corrected chi connectivity index (χ3v) is 7.38. The van der Waals surface area contributed by atoms with Gasteiger partial charge in [0.1, 0.15) is 6.61 Å². The van der Waals surface area contributed by atoms with Gasteiger partial charge in [-0.05, 0) is 49.9 Å². The fourth-order valence-corrected chi connectivity index (χ4v) is 5.45. The molecule has 9 nitrogen and oxygen atoms in total. The van der Waals surface area contributed by atoms with Crippen LogP contribution in [0.1, 0.15) is 54.4 Å². The van der Waals surface area contributed by atoms with Gasteiger partial charge in [-0.25, -0.2) is 4.79 Å². The number of ether oxygens (including phenoxy) is 1. The largest absolute Gasteiger partial charge is 0.761 e. The molecule has 1 saturated heterocycles. The predicted molar refractivity (Wildman–Crippen MR) is 134 cm³/mol. The first-order valence-electron chi connectivity index (χ1n) is 12.3. The van der Waals surface area contributed by atoms with Crippen molar-refractivity contribution in [2.75, 3.05) is 28.4 Å². The highest BCUT2D eigenvalue weighted by Crippen LogP contribution is 2.35. The SMILES string of the molecule is O=C(N[C@H]1CCCC[C@@H]1O)c1ccc(N2CCC(N3C(=O)OCc4ccccc43)CC2)c(N[O-])c1. The van der Waals surface area contributed by atoms with Gasteiger partial charge in [-0.2, -0.15) is 0 Å². The number of para-hydroxylation sites is 1. The smallest absolute Gasteiger partial charge is 0.414 e. The lowest BCUT2D eigenvalue weighted by Gasteiger charge is -2.41. The first kappa shape index (κ1) is 23.4. The molecule has 1 saturated carbocycles. The van der Waals surface area contributed by atoms with Crippen molar-refractivity contribution in [3.63, 3.8) is 0 Å². The number of nitrogens with one attached hydrogen (secondary N) is 2. The van der Waals surface area contributed by atoms with E-state index in [4.69, 9.17) is 4.74 Å². The third kappa shape index (κ3) is 4.78. The highest BCUT2D eigenvalue weighted by atomic mass is 16.6. The Balaban J connectivity index is 1.26. The van der Waals surface area contributed by atoms with Gasteiger partial charge in [-0.3, -0.25) is 9.69 Å². The summed E-state index contributed by atoms with van der Waals surface area (Å²) in [6.45, 7) is 1.61. The second-order valence-electron chi connectivity index (χ2n) is 9.54. The van der Waals surface area contributed by atoms with Crippen molar-refractivity contribution in [2.24, 2.45) is 0 Å². The summed E-state index contributed by atoms with van der Waals surface area (Å²) in [5, 5.41) is 24.8. The zero-order valence-electron chi connectivity index (χ0n) is 19.6. The van der Waals surface area contributed by atoms with Crippen LogP contribution in [-0.2, 0) is 11.3 Å². The fourth-order valence-electron chi connectivity index (χ4n) is 5.45. The van der Waals surface area contributed by atoms with Gasteiger partial charge >= 0.3 is 6.09 Å². The molecule has 0 spiro atoms. The molecule has 2 aromatic carbocycles. The molecule has 0 aromatic heterocycles. The summed E-state index contributed by atoms with van der Waals surface area (Å²) in [6, 6.07) is 12.6. The summed E-state index contributed by atoms with van der Waals surface area (Å²) >= 11 is 0. The fraction of sp³-hybridized carbons (Fsp3) is 0.462. The number of amides is 2. The second kappa shape index (κ2) is 10.1. The zero-order valence-corrected chi connectivity index (χ0v) is 19.6. The lowest BCUT2D eigenvalue weighted by Crippen LogP contribution is -2.49. The monoisotopic (exact) mass is 479 g/mol. The maximum absolute atomic E-state index is 12.7. The van der Waals surface area contributed by atoms with E-state index in [-0.39, 0.29) is 24.1 Å². The number of hydrogen-bond acceptors (Lipinski definition) is 7. The number of aliphatic hydroxyl groups excluding tert-OH is 1. The number of piperidine rings is 1. The topological polar surface area (TPSA) is 117 Å². The molecule has 1 aliphatic carbocycles. The lowest BCUT2D eigenvalue weighted by atomic mass is 9.92. The number of carbonyl (C=O) groups excluding carboxylic acids is 2. The van der Waals surface area contributed by atoms with Crippen LogP contribution in [0.5, 0.6) is 0 Å². The van der Waals surface area contributed by atoms with E-state index in [1.165, 1.54) is 0 Å². The van der Waals surface area contributed by atoms with E-state index in [1.807, 2.05) is 29.7 Å². The number of rotatable bonds is 5. The van der Waals surface area contributed by atoms with Gasteiger partial charge in [0.25, 0.3) is 5.91 Å². The van der Waals surface area contributed by atoms with E-state index in [2.05, 4.69) is 10.2 Å². The number of hydrogen-bond donors (Lipinski definition) is 3. The van der Waals surface area contributed by atoms with Crippen LogP contribution >= 0.6 is 0 Å². The summed E-state index contributed by atoms with van der Waals surface area (Å²) in [5.41, 5.74) is 5.35. The number of carbonyl (C=O) groups is 2. The first-order valence-corrected chi connectivity index (χ1v) is 12.3. The average Bonchev–Trinajstić information content (AvgIpc) is 2.89. The normalized spacial score (nSPS) is 22.9. The molecular weight excluding hydrogens is 448 g/mol. The molecule has 0 unspecified atom stereocenters. The van der Waals surface area contributed by atoms with Crippen molar-refractivity contribution < 1.29 is 19.4 Å². The minimum absolute atomic E-state index is 0.0100. The molecule has 2 fully saturated rings. The van der Waals surface area contributed by atoms with E-state index < -0.39 is 6.10 Å². The van der Waals surface area contributed by atoms with Crippen LogP contribution in [0.15, 0.2) is 42.5 Å². The van der Waals surface area contributed by atoms with E-state index >= 15 is 0 Å². The molecule has 2 aromatic rings. The van der Waals surface area contributed by atoms with E-state index in [0.29, 0.717) is 37.4 Å². The van der Waals surface area contributed by atoms with Crippen LogP contribution in [0.3, 0.4) is 0 Å². The van der Waals surface area contributed by atoms with Gasteiger partial charge in [0.2, 0.25) is 0 Å². The van der Waals surface area contributed by atoms with Crippen molar-refractivity contribution in [3.05, 3.63) is 58.8 Å². The van der Waals surface area contributed by atoms with Crippen LogP contribution in [-0.4, -0.2) is 48.4 Å². The summed E-state index contributed by atoms with van der Waals surface area (Å²) in [4.78, 5) is 29.2. The molecule has 0 bridgehead atoms. The minimum Gasteiger partial charge on any atom is -0.761 e. The zero-order chi connectivity index (χ0) is 24.4. The predicted octanol–water partition coefficient (Wildman–Crippen LogP) is 3.76. The van der Waals surface area contributed by atoms with E-state index in [0.717, 1.165) is 49.0 Å². The average molecular weight is 480 g/mol. The molecule has 2 aliphatic heterocycles.